The predicted octanol–water partition coefficient (Wildman–Crippen LogP) is 3.69. The van der Waals surface area contributed by atoms with E-state index in [0.717, 1.165) is 5.56 Å². The van der Waals surface area contributed by atoms with Gasteiger partial charge in [0.25, 0.3) is 5.91 Å². The molecule has 0 saturated heterocycles. The highest BCUT2D eigenvalue weighted by molar-refractivity contribution is 5.92. The lowest BCUT2D eigenvalue weighted by molar-refractivity contribution is -0.154. The number of alkyl halides is 3. The maximum atomic E-state index is 12.5. The van der Waals surface area contributed by atoms with E-state index in [1.807, 2.05) is 13.8 Å². The van der Waals surface area contributed by atoms with Gasteiger partial charge in [0.15, 0.2) is 12.3 Å². The summed E-state index contributed by atoms with van der Waals surface area (Å²) in [6, 6.07) is 4.46. The molecule has 1 amide bonds. The molecule has 0 aliphatic heterocycles. The summed E-state index contributed by atoms with van der Waals surface area (Å²) in [4.78, 5) is 29.0. The van der Waals surface area contributed by atoms with Gasteiger partial charge < -0.3 is 10.1 Å². The third kappa shape index (κ3) is 7.30. The Morgan fingerprint density at radius 3 is 2.35 bits per heavy atom. The molecule has 7 nitrogen and oxygen atoms in total. The minimum absolute atomic E-state index is 0.0512. The first-order chi connectivity index (χ1) is 14.4. The van der Waals surface area contributed by atoms with Gasteiger partial charge in [-0.05, 0) is 44.5 Å². The van der Waals surface area contributed by atoms with Crippen LogP contribution in [0.5, 0.6) is 5.88 Å². The van der Waals surface area contributed by atoms with Crippen LogP contribution in [0.2, 0.25) is 0 Å². The molecule has 0 radical (unpaired) electrons. The number of pyridine rings is 1. The highest BCUT2D eigenvalue weighted by Gasteiger charge is 2.29. The molecule has 0 spiro atoms. The van der Waals surface area contributed by atoms with Gasteiger partial charge in [-0.1, -0.05) is 13.8 Å². The Balaban J connectivity index is 2.11. The number of nitrogens with one attached hydrogen (secondary N) is 1. The Morgan fingerprint density at radius 1 is 1.10 bits per heavy atom. The molecule has 0 aromatic carbocycles. The minimum atomic E-state index is -4.50. The van der Waals surface area contributed by atoms with Crippen LogP contribution < -0.4 is 10.1 Å². The number of ketones is 1. The largest absolute Gasteiger partial charge is 0.467 e. The van der Waals surface area contributed by atoms with Crippen molar-refractivity contribution in [2.45, 2.75) is 53.3 Å². The third-order valence-corrected chi connectivity index (χ3v) is 4.42. The summed E-state index contributed by atoms with van der Waals surface area (Å²) in [6.07, 6.45) is -4.29. The van der Waals surface area contributed by atoms with E-state index in [0.29, 0.717) is 11.4 Å². The number of aryl methyl sites for hydroxylation is 2. The van der Waals surface area contributed by atoms with Gasteiger partial charge in [-0.2, -0.15) is 13.2 Å². The standard InChI is InChI=1S/C21H25F3N4O3/c1-11(2)18(29)9-16-8-15(7-13(4)25-16)14(5)26-19(30)17-6-12(3)20(28-27-17)31-10-21(22,23)24/h6-8,11,14H,9-10H2,1-5H3,(H,26,30). The van der Waals surface area contributed by atoms with Gasteiger partial charge in [0.05, 0.1) is 6.04 Å². The van der Waals surface area contributed by atoms with Crippen molar-refractivity contribution in [2.24, 2.45) is 5.92 Å². The van der Waals surface area contributed by atoms with Gasteiger partial charge in [0.2, 0.25) is 5.88 Å². The molecule has 1 atom stereocenters. The molecular formula is C21H25F3N4O3. The van der Waals surface area contributed by atoms with Crippen molar-refractivity contribution in [3.63, 3.8) is 0 Å². The molecule has 0 fully saturated rings. The van der Waals surface area contributed by atoms with Crippen LogP contribution in [0.3, 0.4) is 0 Å². The maximum absolute atomic E-state index is 12.5. The first kappa shape index (κ1) is 24.2. The fraction of sp³-hybridized carbons (Fsp3) is 0.476. The zero-order chi connectivity index (χ0) is 23.3. The van der Waals surface area contributed by atoms with Gasteiger partial charge in [0, 0.05) is 29.3 Å². The number of nitrogens with zero attached hydrogens (tertiary/aromatic N) is 3. The molecule has 0 aliphatic rings. The van der Waals surface area contributed by atoms with Crippen LogP contribution >= 0.6 is 0 Å². The second-order valence-corrected chi connectivity index (χ2v) is 7.65. The number of ether oxygens (including phenoxy) is 1. The van der Waals surface area contributed by atoms with E-state index in [2.05, 4.69) is 25.2 Å². The normalized spacial score (nSPS) is 12.5. The molecule has 31 heavy (non-hydrogen) atoms. The van der Waals surface area contributed by atoms with Gasteiger partial charge in [-0.3, -0.25) is 14.6 Å². The lowest BCUT2D eigenvalue weighted by Crippen LogP contribution is -2.28. The topological polar surface area (TPSA) is 94.1 Å². The van der Waals surface area contributed by atoms with Crippen LogP contribution in [0.15, 0.2) is 18.2 Å². The van der Waals surface area contributed by atoms with Crippen molar-refractivity contribution in [3.8, 4) is 5.88 Å². The Labute approximate surface area is 178 Å². The van der Waals surface area contributed by atoms with Crippen molar-refractivity contribution in [2.75, 3.05) is 6.61 Å². The van der Waals surface area contributed by atoms with E-state index >= 15 is 0 Å². The molecule has 2 heterocycles. The SMILES string of the molecule is Cc1cc(C(C)NC(=O)c2cc(C)c(OCC(F)(F)F)nn2)cc(CC(=O)C(C)C)n1. The van der Waals surface area contributed by atoms with Gasteiger partial charge in [0.1, 0.15) is 5.78 Å². The van der Waals surface area contributed by atoms with E-state index in [4.69, 9.17) is 0 Å². The summed E-state index contributed by atoms with van der Waals surface area (Å²) < 4.78 is 41.5. The molecule has 168 valence electrons. The summed E-state index contributed by atoms with van der Waals surface area (Å²) in [7, 11) is 0. The van der Waals surface area contributed by atoms with Gasteiger partial charge >= 0.3 is 6.18 Å². The lowest BCUT2D eigenvalue weighted by atomic mass is 10.0. The zero-order valence-corrected chi connectivity index (χ0v) is 18.0. The van der Waals surface area contributed by atoms with Crippen LogP contribution in [-0.4, -0.2) is 39.7 Å². The van der Waals surface area contributed by atoms with E-state index < -0.39 is 24.7 Å². The van der Waals surface area contributed by atoms with Crippen LogP contribution in [0.25, 0.3) is 0 Å². The van der Waals surface area contributed by atoms with Gasteiger partial charge in [-0.15, -0.1) is 10.2 Å². The van der Waals surface area contributed by atoms with Crippen LogP contribution in [0.1, 0.15) is 59.8 Å². The number of aromatic nitrogens is 3. The molecule has 2 aromatic heterocycles. The Kier molecular flexibility index (Phi) is 7.70. The Bertz CT molecular complexity index is 961. The number of Topliss-reactive ketones (excluding diaryl/α,β-unsaturated/α-hetero) is 1. The molecule has 1 unspecified atom stereocenters. The van der Waals surface area contributed by atoms with Crippen LogP contribution in [0.4, 0.5) is 13.2 Å². The number of hydrogen-bond acceptors (Lipinski definition) is 6. The third-order valence-electron chi connectivity index (χ3n) is 4.42. The first-order valence-corrected chi connectivity index (χ1v) is 9.70. The zero-order valence-electron chi connectivity index (χ0n) is 18.0. The first-order valence-electron chi connectivity index (χ1n) is 9.70. The quantitative estimate of drug-likeness (QED) is 0.676. The summed E-state index contributed by atoms with van der Waals surface area (Å²) in [5.41, 5.74) is 2.31. The fourth-order valence-corrected chi connectivity index (χ4v) is 2.72. The van der Waals surface area contributed by atoms with Crippen molar-refractivity contribution < 1.29 is 27.5 Å². The predicted molar refractivity (Wildman–Crippen MR) is 107 cm³/mol. The Hall–Kier alpha value is -3.04. The average molecular weight is 438 g/mol. The van der Waals surface area contributed by atoms with Crippen LogP contribution in [0, 0.1) is 19.8 Å². The summed E-state index contributed by atoms with van der Waals surface area (Å²) in [5.74, 6) is -0.863. The highest BCUT2D eigenvalue weighted by atomic mass is 19.4. The van der Waals surface area contributed by atoms with E-state index in [9.17, 15) is 22.8 Å². The number of carbonyl (C=O) groups is 2. The second-order valence-electron chi connectivity index (χ2n) is 7.65. The smallest absolute Gasteiger partial charge is 0.422 e. The molecule has 0 bridgehead atoms. The average Bonchev–Trinajstić information content (AvgIpc) is 2.65. The summed E-state index contributed by atoms with van der Waals surface area (Å²) in [5, 5.41) is 10.0. The minimum Gasteiger partial charge on any atom is -0.467 e. The monoisotopic (exact) mass is 438 g/mol. The Morgan fingerprint density at radius 2 is 1.77 bits per heavy atom. The number of carbonyl (C=O) groups excluding carboxylic acids is 2. The summed E-state index contributed by atoms with van der Waals surface area (Å²) >= 11 is 0. The molecule has 10 heteroatoms. The second kappa shape index (κ2) is 9.84. The molecule has 2 aromatic rings. The molecular weight excluding hydrogens is 413 g/mol. The van der Waals surface area contributed by atoms with Crippen molar-refractivity contribution in [1.82, 2.24) is 20.5 Å². The molecule has 2 rings (SSSR count). The molecule has 0 saturated carbocycles. The highest BCUT2D eigenvalue weighted by Crippen LogP contribution is 2.20. The number of halogens is 3. The molecule has 1 N–H and O–H groups in total. The number of amides is 1. The maximum Gasteiger partial charge on any atom is 0.422 e. The lowest BCUT2D eigenvalue weighted by Gasteiger charge is -2.16. The van der Waals surface area contributed by atoms with E-state index in [1.54, 1.807) is 26.0 Å². The van der Waals surface area contributed by atoms with E-state index in [1.165, 1.54) is 13.0 Å². The number of hydrogen-bond donors (Lipinski definition) is 1. The van der Waals surface area contributed by atoms with Crippen molar-refractivity contribution >= 4 is 11.7 Å². The molecule has 0 aliphatic carbocycles. The van der Waals surface area contributed by atoms with E-state index in [-0.39, 0.29) is 35.3 Å². The number of rotatable bonds is 8. The summed E-state index contributed by atoms with van der Waals surface area (Å²) in [6.45, 7) is 7.20. The fourth-order valence-electron chi connectivity index (χ4n) is 2.72. The van der Waals surface area contributed by atoms with Crippen molar-refractivity contribution in [1.29, 1.82) is 0 Å². The van der Waals surface area contributed by atoms with Crippen molar-refractivity contribution in [3.05, 3.63) is 46.4 Å². The van der Waals surface area contributed by atoms with Gasteiger partial charge in [-0.25, -0.2) is 0 Å². The van der Waals surface area contributed by atoms with Crippen LogP contribution in [-0.2, 0) is 11.2 Å².